The summed E-state index contributed by atoms with van der Waals surface area (Å²) in [6.45, 7) is 4.82. The molecule has 0 radical (unpaired) electrons. The second kappa shape index (κ2) is 7.31. The Labute approximate surface area is 168 Å². The first-order valence-corrected chi connectivity index (χ1v) is 9.61. The third-order valence-corrected chi connectivity index (χ3v) is 5.37. The number of H-pyrrole nitrogens is 1. The zero-order chi connectivity index (χ0) is 20.6. The number of carboxylic acids is 1. The van der Waals surface area contributed by atoms with Gasteiger partial charge in [0.05, 0.1) is 11.3 Å². The van der Waals surface area contributed by atoms with Crippen LogP contribution < -0.4 is 5.32 Å². The predicted molar refractivity (Wildman–Crippen MR) is 108 cm³/mol. The molecule has 1 aliphatic rings. The van der Waals surface area contributed by atoms with Gasteiger partial charge in [-0.3, -0.25) is 5.10 Å². The number of fused-ring (bicyclic) bond motifs is 1. The van der Waals surface area contributed by atoms with Crippen LogP contribution >= 0.6 is 0 Å². The van der Waals surface area contributed by atoms with Crippen LogP contribution in [0, 0.1) is 11.4 Å². The Bertz CT molecular complexity index is 1070. The van der Waals surface area contributed by atoms with E-state index in [2.05, 4.69) is 34.3 Å². The van der Waals surface area contributed by atoms with Crippen molar-refractivity contribution in [1.29, 1.82) is 0 Å². The van der Waals surface area contributed by atoms with E-state index in [1.165, 1.54) is 12.1 Å². The highest BCUT2D eigenvalue weighted by Crippen LogP contribution is 2.38. The number of carboxylic acid groups (broad SMARTS) is 1. The lowest BCUT2D eigenvalue weighted by Gasteiger charge is -2.29. The molecule has 3 N–H and O–H groups in total. The number of hydrogen-bond acceptors (Lipinski definition) is 4. The molecule has 0 amide bonds. The fourth-order valence-corrected chi connectivity index (χ4v) is 3.82. The van der Waals surface area contributed by atoms with Gasteiger partial charge in [0.1, 0.15) is 5.82 Å². The van der Waals surface area contributed by atoms with E-state index in [1.54, 1.807) is 18.2 Å². The zero-order valence-corrected chi connectivity index (χ0v) is 16.4. The smallest absolute Gasteiger partial charge is 0.335 e. The van der Waals surface area contributed by atoms with Gasteiger partial charge in [-0.25, -0.2) is 9.78 Å². The van der Waals surface area contributed by atoms with E-state index in [0.717, 1.165) is 41.8 Å². The fraction of sp³-hybridized carbons (Fsp3) is 0.318. The van der Waals surface area contributed by atoms with Crippen LogP contribution in [0.25, 0.3) is 11.3 Å². The monoisotopic (exact) mass is 394 g/mol. The van der Waals surface area contributed by atoms with Crippen molar-refractivity contribution < 1.29 is 14.3 Å². The minimum Gasteiger partial charge on any atom is -0.478 e. The van der Waals surface area contributed by atoms with Crippen molar-refractivity contribution in [3.8, 4) is 11.3 Å². The maximum Gasteiger partial charge on any atom is 0.335 e. The summed E-state index contributed by atoms with van der Waals surface area (Å²) in [6, 6.07) is 9.79. The second-order valence-corrected chi connectivity index (χ2v) is 8.29. The lowest BCUT2D eigenvalue weighted by atomic mass is 9.76. The van der Waals surface area contributed by atoms with Crippen molar-refractivity contribution in [3.05, 3.63) is 64.7 Å². The standard InChI is InChI=1S/C22H23FN4O2/c1-22(2)7-6-16-17(11-22)26-27-20(16)15-9-18(23)25-19(10-15)24-12-13-4-3-5-14(8-13)21(28)29/h3-5,8-10H,6-7,11-12H2,1-2H3,(H,24,25)(H,26,27)(H,28,29). The molecule has 0 saturated heterocycles. The average Bonchev–Trinajstić information content (AvgIpc) is 3.08. The number of carbonyl (C=O) groups is 1. The van der Waals surface area contributed by atoms with E-state index in [4.69, 9.17) is 5.11 Å². The molecule has 1 aliphatic carbocycles. The first kappa shape index (κ1) is 19.1. The highest BCUT2D eigenvalue weighted by Gasteiger charge is 2.29. The van der Waals surface area contributed by atoms with Gasteiger partial charge in [-0.1, -0.05) is 26.0 Å². The Morgan fingerprint density at radius 1 is 1.31 bits per heavy atom. The molecule has 4 rings (SSSR count). The van der Waals surface area contributed by atoms with Crippen LogP contribution in [0.3, 0.4) is 0 Å². The largest absolute Gasteiger partial charge is 0.478 e. The number of nitrogens with one attached hydrogen (secondary N) is 2. The molecule has 0 saturated carbocycles. The maximum absolute atomic E-state index is 14.2. The van der Waals surface area contributed by atoms with Gasteiger partial charge in [0, 0.05) is 29.4 Å². The first-order valence-electron chi connectivity index (χ1n) is 9.61. The molecule has 0 bridgehead atoms. The Balaban J connectivity index is 1.57. The summed E-state index contributed by atoms with van der Waals surface area (Å²) in [5, 5.41) is 19.8. The molecule has 0 unspecified atom stereocenters. The molecule has 6 nitrogen and oxygen atoms in total. The van der Waals surface area contributed by atoms with Crippen LogP contribution in [0.2, 0.25) is 0 Å². The molecule has 29 heavy (non-hydrogen) atoms. The van der Waals surface area contributed by atoms with Crippen LogP contribution in [0.5, 0.6) is 0 Å². The summed E-state index contributed by atoms with van der Waals surface area (Å²) < 4.78 is 14.2. The number of anilines is 1. The summed E-state index contributed by atoms with van der Waals surface area (Å²) in [5.74, 6) is -1.18. The van der Waals surface area contributed by atoms with Gasteiger partial charge in [0.15, 0.2) is 0 Å². The minimum absolute atomic E-state index is 0.211. The van der Waals surface area contributed by atoms with E-state index >= 15 is 0 Å². The van der Waals surface area contributed by atoms with Crippen molar-refractivity contribution in [3.63, 3.8) is 0 Å². The first-order chi connectivity index (χ1) is 13.8. The summed E-state index contributed by atoms with van der Waals surface area (Å²) in [4.78, 5) is 15.0. The van der Waals surface area contributed by atoms with Gasteiger partial charge in [-0.2, -0.15) is 9.49 Å². The SMILES string of the molecule is CC1(C)CCc2c(-c3cc(F)nc(NCc4cccc(C(=O)O)c4)c3)n[nH]c2C1. The van der Waals surface area contributed by atoms with Crippen LogP contribution in [-0.4, -0.2) is 26.3 Å². The molecular weight excluding hydrogens is 371 g/mol. The molecule has 0 spiro atoms. The molecule has 2 aromatic heterocycles. The Morgan fingerprint density at radius 2 is 2.14 bits per heavy atom. The topological polar surface area (TPSA) is 90.9 Å². The maximum atomic E-state index is 14.2. The number of nitrogens with zero attached hydrogens (tertiary/aromatic N) is 2. The molecule has 150 valence electrons. The molecule has 1 aromatic carbocycles. The van der Waals surface area contributed by atoms with Crippen LogP contribution in [0.4, 0.5) is 10.2 Å². The molecule has 0 fully saturated rings. The number of aromatic nitrogens is 3. The average molecular weight is 394 g/mol. The molecule has 3 aromatic rings. The van der Waals surface area contributed by atoms with E-state index in [9.17, 15) is 9.18 Å². The van der Waals surface area contributed by atoms with E-state index in [-0.39, 0.29) is 11.0 Å². The number of rotatable bonds is 5. The van der Waals surface area contributed by atoms with E-state index in [0.29, 0.717) is 17.9 Å². The predicted octanol–water partition coefficient (Wildman–Crippen LogP) is 4.44. The van der Waals surface area contributed by atoms with Gasteiger partial charge >= 0.3 is 5.97 Å². The van der Waals surface area contributed by atoms with Gasteiger partial charge in [-0.05, 0) is 48.4 Å². The third kappa shape index (κ3) is 4.13. The Hall–Kier alpha value is -3.22. The van der Waals surface area contributed by atoms with E-state index in [1.807, 2.05) is 6.07 Å². The zero-order valence-electron chi connectivity index (χ0n) is 16.4. The highest BCUT2D eigenvalue weighted by molar-refractivity contribution is 5.87. The summed E-state index contributed by atoms with van der Waals surface area (Å²) in [5.41, 5.74) is 4.94. The molecular formula is C22H23FN4O2. The van der Waals surface area contributed by atoms with Crippen LogP contribution in [0.15, 0.2) is 36.4 Å². The van der Waals surface area contributed by atoms with Gasteiger partial charge in [0.25, 0.3) is 0 Å². The number of pyridine rings is 1. The molecule has 7 heteroatoms. The van der Waals surface area contributed by atoms with Gasteiger partial charge in [-0.15, -0.1) is 0 Å². The Kier molecular flexibility index (Phi) is 4.82. The van der Waals surface area contributed by atoms with Crippen molar-refractivity contribution in [1.82, 2.24) is 15.2 Å². The normalized spacial score (nSPS) is 15.0. The van der Waals surface area contributed by atoms with Crippen molar-refractivity contribution in [2.24, 2.45) is 5.41 Å². The van der Waals surface area contributed by atoms with Gasteiger partial charge < -0.3 is 10.4 Å². The third-order valence-electron chi connectivity index (χ3n) is 5.37. The highest BCUT2D eigenvalue weighted by atomic mass is 19.1. The van der Waals surface area contributed by atoms with Crippen molar-refractivity contribution in [2.75, 3.05) is 5.32 Å². The fourth-order valence-electron chi connectivity index (χ4n) is 3.82. The number of halogens is 1. The summed E-state index contributed by atoms with van der Waals surface area (Å²) in [7, 11) is 0. The number of aromatic carboxylic acids is 1. The van der Waals surface area contributed by atoms with Gasteiger partial charge in [0.2, 0.25) is 5.95 Å². The lowest BCUT2D eigenvalue weighted by molar-refractivity contribution is 0.0696. The molecule has 0 atom stereocenters. The van der Waals surface area contributed by atoms with Crippen LogP contribution in [-0.2, 0) is 19.4 Å². The lowest BCUT2D eigenvalue weighted by Crippen LogP contribution is -2.21. The molecule has 0 aliphatic heterocycles. The van der Waals surface area contributed by atoms with E-state index < -0.39 is 11.9 Å². The minimum atomic E-state index is -0.982. The number of hydrogen-bond donors (Lipinski definition) is 3. The number of benzene rings is 1. The van der Waals surface area contributed by atoms with Crippen molar-refractivity contribution >= 4 is 11.8 Å². The Morgan fingerprint density at radius 3 is 2.93 bits per heavy atom. The summed E-state index contributed by atoms with van der Waals surface area (Å²) in [6.07, 6.45) is 2.89. The second-order valence-electron chi connectivity index (χ2n) is 8.29. The molecule has 2 heterocycles. The van der Waals surface area contributed by atoms with Crippen molar-refractivity contribution in [2.45, 2.75) is 39.7 Å². The quantitative estimate of drug-likeness (QED) is 0.557. The van der Waals surface area contributed by atoms with Crippen LogP contribution in [0.1, 0.15) is 47.4 Å². The number of aromatic amines is 1. The summed E-state index contributed by atoms with van der Waals surface area (Å²) >= 11 is 0.